The first kappa shape index (κ1) is 13.4. The van der Waals surface area contributed by atoms with E-state index in [1.165, 1.54) is 6.42 Å². The molecule has 18 heavy (non-hydrogen) atoms. The number of hydrogen-bond donors (Lipinski definition) is 1. The van der Waals surface area contributed by atoms with E-state index >= 15 is 0 Å². The van der Waals surface area contributed by atoms with E-state index in [4.69, 9.17) is 16.7 Å². The molecule has 1 N–H and O–H groups in total. The molecule has 1 aromatic rings. The molecule has 1 aliphatic rings. The number of carboxylic acid groups (broad SMARTS) is 1. The Morgan fingerprint density at radius 3 is 2.39 bits per heavy atom. The van der Waals surface area contributed by atoms with Crippen molar-refractivity contribution in [2.24, 2.45) is 0 Å². The monoisotopic (exact) mass is 267 g/mol. The average molecular weight is 268 g/mol. The lowest BCUT2D eigenvalue weighted by Crippen LogP contribution is -2.34. The van der Waals surface area contributed by atoms with Gasteiger partial charge in [-0.25, -0.2) is 0 Å². The van der Waals surface area contributed by atoms with Crippen molar-refractivity contribution in [1.29, 1.82) is 0 Å². The minimum absolute atomic E-state index is 0.0277. The number of rotatable bonds is 4. The van der Waals surface area contributed by atoms with Gasteiger partial charge in [0, 0.05) is 11.1 Å². The van der Waals surface area contributed by atoms with E-state index < -0.39 is 5.97 Å². The summed E-state index contributed by atoms with van der Waals surface area (Å²) in [7, 11) is 0. The highest BCUT2D eigenvalue weighted by molar-refractivity contribution is 6.30. The Bertz CT molecular complexity index is 399. The molecule has 0 aromatic heterocycles. The third-order valence-corrected chi connectivity index (χ3v) is 3.71. The fraction of sp³-hybridized carbons (Fsp3) is 0.500. The number of halogens is 1. The first-order valence-electron chi connectivity index (χ1n) is 6.38. The predicted molar refractivity (Wildman–Crippen MR) is 71.9 cm³/mol. The van der Waals surface area contributed by atoms with Gasteiger partial charge in [-0.05, 0) is 43.6 Å². The minimum atomic E-state index is -0.750. The van der Waals surface area contributed by atoms with Crippen molar-refractivity contribution in [2.45, 2.75) is 31.7 Å². The molecule has 3 nitrogen and oxygen atoms in total. The van der Waals surface area contributed by atoms with Crippen molar-refractivity contribution in [3.8, 4) is 0 Å². The molecule has 0 amide bonds. The van der Waals surface area contributed by atoms with E-state index in [-0.39, 0.29) is 12.5 Å². The Kier molecular flexibility index (Phi) is 4.61. The zero-order chi connectivity index (χ0) is 13.0. The Morgan fingerprint density at radius 1 is 1.22 bits per heavy atom. The Balaban J connectivity index is 2.17. The van der Waals surface area contributed by atoms with Gasteiger partial charge in [0.25, 0.3) is 0 Å². The fourth-order valence-electron chi connectivity index (χ4n) is 2.54. The van der Waals surface area contributed by atoms with Crippen molar-refractivity contribution in [3.05, 3.63) is 34.9 Å². The molecule has 4 heteroatoms. The van der Waals surface area contributed by atoms with Gasteiger partial charge < -0.3 is 5.11 Å². The van der Waals surface area contributed by atoms with Crippen LogP contribution < -0.4 is 0 Å². The van der Waals surface area contributed by atoms with Crippen molar-refractivity contribution in [2.75, 3.05) is 13.1 Å². The topological polar surface area (TPSA) is 40.5 Å². The van der Waals surface area contributed by atoms with Gasteiger partial charge >= 0.3 is 5.97 Å². The predicted octanol–water partition coefficient (Wildman–Crippen LogP) is 3.34. The summed E-state index contributed by atoms with van der Waals surface area (Å²) < 4.78 is 0. The van der Waals surface area contributed by atoms with Crippen LogP contribution in [0.15, 0.2) is 24.3 Å². The largest absolute Gasteiger partial charge is 0.481 e. The summed E-state index contributed by atoms with van der Waals surface area (Å²) in [5.74, 6) is -0.750. The van der Waals surface area contributed by atoms with Crippen LogP contribution in [0.3, 0.4) is 0 Å². The summed E-state index contributed by atoms with van der Waals surface area (Å²) in [4.78, 5) is 13.3. The molecular weight excluding hydrogens is 250 g/mol. The summed E-state index contributed by atoms with van der Waals surface area (Å²) in [6, 6.07) is 7.50. The molecule has 1 heterocycles. The van der Waals surface area contributed by atoms with Crippen LogP contribution in [0, 0.1) is 0 Å². The highest BCUT2D eigenvalue weighted by Gasteiger charge is 2.24. The number of nitrogens with zero attached hydrogens (tertiary/aromatic N) is 1. The van der Waals surface area contributed by atoms with Crippen molar-refractivity contribution >= 4 is 17.6 Å². The molecule has 2 rings (SSSR count). The first-order valence-corrected chi connectivity index (χ1v) is 6.76. The van der Waals surface area contributed by atoms with Gasteiger partial charge in [0.05, 0.1) is 6.42 Å². The molecule has 0 aliphatic carbocycles. The second kappa shape index (κ2) is 6.21. The smallest absolute Gasteiger partial charge is 0.305 e. The van der Waals surface area contributed by atoms with Crippen molar-refractivity contribution in [3.63, 3.8) is 0 Å². The number of likely N-dealkylation sites (tertiary alicyclic amines) is 1. The van der Waals surface area contributed by atoms with Crippen LogP contribution in [-0.2, 0) is 4.79 Å². The van der Waals surface area contributed by atoms with Gasteiger partial charge in [0.1, 0.15) is 0 Å². The van der Waals surface area contributed by atoms with Crippen LogP contribution >= 0.6 is 11.6 Å². The summed E-state index contributed by atoms with van der Waals surface area (Å²) in [5, 5.41) is 9.76. The zero-order valence-electron chi connectivity index (χ0n) is 10.3. The highest BCUT2D eigenvalue weighted by Crippen LogP contribution is 2.28. The van der Waals surface area contributed by atoms with Gasteiger partial charge in [-0.3, -0.25) is 9.69 Å². The van der Waals surface area contributed by atoms with Crippen LogP contribution in [0.5, 0.6) is 0 Å². The van der Waals surface area contributed by atoms with E-state index in [0.717, 1.165) is 31.5 Å². The van der Waals surface area contributed by atoms with Gasteiger partial charge in [-0.15, -0.1) is 0 Å². The second-order valence-electron chi connectivity index (χ2n) is 4.76. The van der Waals surface area contributed by atoms with Crippen LogP contribution in [0.25, 0.3) is 0 Å². The van der Waals surface area contributed by atoms with Crippen molar-refractivity contribution in [1.82, 2.24) is 4.90 Å². The van der Waals surface area contributed by atoms with E-state index in [2.05, 4.69) is 4.90 Å². The number of carbonyl (C=O) groups is 1. The van der Waals surface area contributed by atoms with Crippen LogP contribution in [0.1, 0.15) is 37.3 Å². The molecule has 1 unspecified atom stereocenters. The molecule has 0 spiro atoms. The number of piperidine rings is 1. The maximum absolute atomic E-state index is 11.0. The average Bonchev–Trinajstić information content (AvgIpc) is 2.38. The number of aliphatic carboxylic acids is 1. The molecule has 0 saturated carbocycles. The highest BCUT2D eigenvalue weighted by atomic mass is 35.5. The van der Waals surface area contributed by atoms with Gasteiger partial charge in [0.2, 0.25) is 0 Å². The number of carboxylic acids is 1. The normalized spacial score (nSPS) is 18.5. The maximum atomic E-state index is 11.0. The summed E-state index contributed by atoms with van der Waals surface area (Å²) in [6.45, 7) is 1.97. The maximum Gasteiger partial charge on any atom is 0.305 e. The third kappa shape index (κ3) is 3.47. The lowest BCUT2D eigenvalue weighted by Gasteiger charge is -2.34. The van der Waals surface area contributed by atoms with E-state index in [1.54, 1.807) is 0 Å². The molecule has 1 aliphatic heterocycles. The number of hydrogen-bond acceptors (Lipinski definition) is 2. The molecule has 98 valence electrons. The molecule has 1 aromatic carbocycles. The van der Waals surface area contributed by atoms with E-state index in [0.29, 0.717) is 5.02 Å². The van der Waals surface area contributed by atoms with E-state index in [1.807, 2.05) is 24.3 Å². The first-order chi connectivity index (χ1) is 8.66. The molecule has 0 bridgehead atoms. The fourth-order valence-corrected chi connectivity index (χ4v) is 2.66. The quantitative estimate of drug-likeness (QED) is 0.910. The standard InChI is InChI=1S/C14H18ClNO2/c15-12-6-4-11(5-7-12)13(10-14(17)18)16-8-2-1-3-9-16/h4-7,13H,1-3,8-10H2,(H,17,18). The third-order valence-electron chi connectivity index (χ3n) is 3.45. The molecular formula is C14H18ClNO2. The van der Waals surface area contributed by atoms with Gasteiger partial charge in [-0.1, -0.05) is 30.2 Å². The van der Waals surface area contributed by atoms with Gasteiger partial charge in [0.15, 0.2) is 0 Å². The SMILES string of the molecule is O=C(O)CC(c1ccc(Cl)cc1)N1CCCCC1. The summed E-state index contributed by atoms with van der Waals surface area (Å²) in [5.41, 5.74) is 1.05. The molecule has 1 fully saturated rings. The zero-order valence-corrected chi connectivity index (χ0v) is 11.1. The Morgan fingerprint density at radius 2 is 1.83 bits per heavy atom. The number of benzene rings is 1. The molecule has 1 saturated heterocycles. The molecule has 0 radical (unpaired) electrons. The Labute approximate surface area is 112 Å². The lowest BCUT2D eigenvalue weighted by atomic mass is 9.99. The van der Waals surface area contributed by atoms with Crippen LogP contribution in [0.4, 0.5) is 0 Å². The lowest BCUT2D eigenvalue weighted by molar-refractivity contribution is -0.138. The Hall–Kier alpha value is -1.06. The van der Waals surface area contributed by atoms with E-state index in [9.17, 15) is 4.79 Å². The molecule has 1 atom stereocenters. The summed E-state index contributed by atoms with van der Waals surface area (Å²) in [6.07, 6.45) is 3.71. The van der Waals surface area contributed by atoms with Crippen molar-refractivity contribution < 1.29 is 9.90 Å². The second-order valence-corrected chi connectivity index (χ2v) is 5.20. The van der Waals surface area contributed by atoms with Crippen LogP contribution in [0.2, 0.25) is 5.02 Å². The summed E-state index contributed by atoms with van der Waals surface area (Å²) >= 11 is 5.88. The van der Waals surface area contributed by atoms with Crippen LogP contribution in [-0.4, -0.2) is 29.1 Å². The minimum Gasteiger partial charge on any atom is -0.481 e. The van der Waals surface area contributed by atoms with Gasteiger partial charge in [-0.2, -0.15) is 0 Å².